The highest BCUT2D eigenvalue weighted by molar-refractivity contribution is 9.10. The van der Waals surface area contributed by atoms with E-state index in [0.717, 1.165) is 20.4 Å². The second-order valence-electron chi connectivity index (χ2n) is 3.82. The van der Waals surface area contributed by atoms with E-state index in [1.807, 2.05) is 24.4 Å². The maximum atomic E-state index is 14.0. The normalized spacial score (nSPS) is 12.7. The maximum absolute atomic E-state index is 14.0. The largest absolute Gasteiger partial charge is 0.306 e. The Morgan fingerprint density at radius 2 is 2.06 bits per heavy atom. The van der Waals surface area contributed by atoms with Gasteiger partial charge in [0.05, 0.1) is 6.04 Å². The summed E-state index contributed by atoms with van der Waals surface area (Å²) in [6.07, 6.45) is 0. The van der Waals surface area contributed by atoms with Crippen molar-refractivity contribution < 1.29 is 4.39 Å². The summed E-state index contributed by atoms with van der Waals surface area (Å²) < 4.78 is 15.9. The number of rotatable bonds is 4. The van der Waals surface area contributed by atoms with Crippen molar-refractivity contribution in [2.75, 3.05) is 6.54 Å². The van der Waals surface area contributed by atoms with Gasteiger partial charge in [0.2, 0.25) is 0 Å². The Balaban J connectivity index is 2.44. The van der Waals surface area contributed by atoms with Gasteiger partial charge in [0.15, 0.2) is 0 Å². The van der Waals surface area contributed by atoms with E-state index in [1.54, 1.807) is 17.4 Å². The fourth-order valence-corrected chi connectivity index (χ4v) is 3.70. The van der Waals surface area contributed by atoms with Gasteiger partial charge in [-0.25, -0.2) is 4.39 Å². The third kappa shape index (κ3) is 3.20. The first kappa shape index (κ1) is 14.2. The molecule has 1 atom stereocenters. The molecule has 1 aromatic carbocycles. The second kappa shape index (κ2) is 6.28. The monoisotopic (exact) mass is 391 g/mol. The number of nitrogens with one attached hydrogen (secondary N) is 1. The van der Waals surface area contributed by atoms with Crippen LogP contribution in [0.5, 0.6) is 0 Å². The molecule has 0 radical (unpaired) electrons. The molecular weight excluding hydrogens is 381 g/mol. The smallest absolute Gasteiger partial charge is 0.128 e. The summed E-state index contributed by atoms with van der Waals surface area (Å²) in [6.45, 7) is 2.80. The van der Waals surface area contributed by atoms with E-state index in [-0.39, 0.29) is 11.9 Å². The van der Waals surface area contributed by atoms with Crippen LogP contribution >= 0.6 is 43.2 Å². The fraction of sp³-hybridized carbons (Fsp3) is 0.231. The van der Waals surface area contributed by atoms with Crippen molar-refractivity contribution in [3.63, 3.8) is 0 Å². The van der Waals surface area contributed by atoms with Crippen molar-refractivity contribution in [1.29, 1.82) is 0 Å². The molecule has 0 spiro atoms. The van der Waals surface area contributed by atoms with Crippen molar-refractivity contribution in [2.45, 2.75) is 13.0 Å². The van der Waals surface area contributed by atoms with Gasteiger partial charge in [-0.05, 0) is 46.7 Å². The number of halogens is 3. The van der Waals surface area contributed by atoms with Crippen LogP contribution in [-0.4, -0.2) is 6.54 Å². The van der Waals surface area contributed by atoms with Gasteiger partial charge in [0.1, 0.15) is 5.82 Å². The summed E-state index contributed by atoms with van der Waals surface area (Å²) in [5.74, 6) is -0.186. The van der Waals surface area contributed by atoms with Crippen LogP contribution in [0.2, 0.25) is 0 Å². The zero-order valence-corrected chi connectivity index (χ0v) is 13.7. The molecule has 0 saturated carbocycles. The highest BCUT2D eigenvalue weighted by Gasteiger charge is 2.18. The van der Waals surface area contributed by atoms with Crippen LogP contribution in [0.25, 0.3) is 0 Å². The molecule has 0 saturated heterocycles. The Hall–Kier alpha value is -0.230. The first-order valence-electron chi connectivity index (χ1n) is 5.54. The third-order valence-electron chi connectivity index (χ3n) is 2.55. The molecule has 1 heterocycles. The number of hydrogen-bond acceptors (Lipinski definition) is 2. The summed E-state index contributed by atoms with van der Waals surface area (Å²) in [7, 11) is 0. The first-order valence-corrected chi connectivity index (χ1v) is 8.00. The van der Waals surface area contributed by atoms with Crippen LogP contribution < -0.4 is 5.32 Å². The van der Waals surface area contributed by atoms with Crippen molar-refractivity contribution in [2.24, 2.45) is 0 Å². The number of thiophene rings is 1. The summed E-state index contributed by atoms with van der Waals surface area (Å²) in [5, 5.41) is 5.33. The molecule has 2 aromatic rings. The molecule has 0 bridgehead atoms. The van der Waals surface area contributed by atoms with Crippen LogP contribution in [0.15, 0.2) is 38.6 Å². The van der Waals surface area contributed by atoms with Gasteiger partial charge in [-0.3, -0.25) is 0 Å². The summed E-state index contributed by atoms with van der Waals surface area (Å²) in [6, 6.07) is 6.96. The van der Waals surface area contributed by atoms with E-state index >= 15 is 0 Å². The Bertz CT molecular complexity index is 542. The lowest BCUT2D eigenvalue weighted by atomic mass is 10.0. The van der Waals surface area contributed by atoms with E-state index in [0.29, 0.717) is 5.56 Å². The second-order valence-corrected chi connectivity index (χ2v) is 6.60. The minimum absolute atomic E-state index is 0.108. The third-order valence-corrected chi connectivity index (χ3v) is 4.80. The molecule has 0 amide bonds. The van der Waals surface area contributed by atoms with Crippen molar-refractivity contribution in [3.8, 4) is 0 Å². The first-order chi connectivity index (χ1) is 8.61. The zero-order chi connectivity index (χ0) is 13.1. The van der Waals surface area contributed by atoms with Crippen molar-refractivity contribution >= 4 is 43.2 Å². The molecule has 0 fully saturated rings. The maximum Gasteiger partial charge on any atom is 0.128 e. The average molecular weight is 393 g/mol. The molecule has 5 heteroatoms. The van der Waals surface area contributed by atoms with Gasteiger partial charge in [-0.15, -0.1) is 11.3 Å². The van der Waals surface area contributed by atoms with Gasteiger partial charge < -0.3 is 5.32 Å². The predicted octanol–water partition coefficient (Wildman–Crippen LogP) is 5.11. The predicted molar refractivity (Wildman–Crippen MR) is 81.6 cm³/mol. The molecule has 1 unspecified atom stereocenters. The molecule has 96 valence electrons. The van der Waals surface area contributed by atoms with Gasteiger partial charge >= 0.3 is 0 Å². The molecule has 0 aliphatic heterocycles. The van der Waals surface area contributed by atoms with Crippen LogP contribution in [-0.2, 0) is 0 Å². The molecule has 0 aliphatic rings. The fourth-order valence-electron chi connectivity index (χ4n) is 1.78. The van der Waals surface area contributed by atoms with E-state index in [1.165, 1.54) is 6.07 Å². The quantitative estimate of drug-likeness (QED) is 0.762. The lowest BCUT2D eigenvalue weighted by Crippen LogP contribution is -2.22. The Morgan fingerprint density at radius 3 is 2.67 bits per heavy atom. The van der Waals surface area contributed by atoms with E-state index in [2.05, 4.69) is 37.2 Å². The van der Waals surface area contributed by atoms with E-state index in [9.17, 15) is 4.39 Å². The van der Waals surface area contributed by atoms with Crippen LogP contribution in [0.4, 0.5) is 4.39 Å². The number of hydrogen-bond donors (Lipinski definition) is 1. The standard InChI is InChI=1S/C13H12Br2FNS/c1-2-17-13(12-6-9(15)7-18-12)10-5-8(14)3-4-11(10)16/h3-7,13,17H,2H2,1H3. The topological polar surface area (TPSA) is 12.0 Å². The summed E-state index contributed by atoms with van der Waals surface area (Å²) in [4.78, 5) is 1.10. The van der Waals surface area contributed by atoms with Crippen LogP contribution in [0, 0.1) is 5.82 Å². The SMILES string of the molecule is CCNC(c1cc(Br)cs1)c1cc(Br)ccc1F. The van der Waals surface area contributed by atoms with Gasteiger partial charge in [0, 0.05) is 24.8 Å². The zero-order valence-electron chi connectivity index (χ0n) is 9.71. The van der Waals surface area contributed by atoms with E-state index in [4.69, 9.17) is 0 Å². The van der Waals surface area contributed by atoms with Crippen molar-refractivity contribution in [3.05, 3.63) is 54.8 Å². The molecule has 1 nitrogen and oxygen atoms in total. The van der Waals surface area contributed by atoms with Gasteiger partial charge in [-0.1, -0.05) is 22.9 Å². The molecule has 18 heavy (non-hydrogen) atoms. The Labute approximate surface area is 127 Å². The summed E-state index contributed by atoms with van der Waals surface area (Å²) >= 11 is 8.45. The van der Waals surface area contributed by atoms with Crippen LogP contribution in [0.3, 0.4) is 0 Å². The minimum Gasteiger partial charge on any atom is -0.306 e. The Kier molecular flexibility index (Phi) is 4.95. The molecule has 1 N–H and O–H groups in total. The molecule has 2 rings (SSSR count). The molecule has 1 aromatic heterocycles. The molecule has 0 aliphatic carbocycles. The van der Waals surface area contributed by atoms with Crippen molar-refractivity contribution in [1.82, 2.24) is 5.32 Å². The van der Waals surface area contributed by atoms with E-state index < -0.39 is 0 Å². The summed E-state index contributed by atoms with van der Waals surface area (Å²) in [5.41, 5.74) is 0.667. The highest BCUT2D eigenvalue weighted by Crippen LogP contribution is 2.32. The minimum atomic E-state index is -0.186. The van der Waals surface area contributed by atoms with Crippen LogP contribution in [0.1, 0.15) is 23.4 Å². The molecular formula is C13H12Br2FNS. The number of benzene rings is 1. The van der Waals surface area contributed by atoms with Gasteiger partial charge in [-0.2, -0.15) is 0 Å². The Morgan fingerprint density at radius 1 is 1.28 bits per heavy atom. The average Bonchev–Trinajstić information content (AvgIpc) is 2.76. The lowest BCUT2D eigenvalue weighted by Gasteiger charge is -2.18. The lowest BCUT2D eigenvalue weighted by molar-refractivity contribution is 0.562. The van der Waals surface area contributed by atoms with Gasteiger partial charge in [0.25, 0.3) is 0 Å². The highest BCUT2D eigenvalue weighted by atomic mass is 79.9.